The second-order valence-electron chi connectivity index (χ2n) is 2.43. The Labute approximate surface area is 51.0 Å². The highest BCUT2D eigenvalue weighted by atomic mass is 15.1. The minimum atomic E-state index is 1.22. The average Bonchev–Trinajstić information content (AvgIpc) is 2.12. The third-order valence-electron chi connectivity index (χ3n) is 1.65. The van der Waals surface area contributed by atoms with E-state index in [-0.39, 0.29) is 0 Å². The number of hydrogen-bond donors (Lipinski definition) is 0. The van der Waals surface area contributed by atoms with Gasteiger partial charge in [-0.3, -0.25) is 0 Å². The molecule has 8 heavy (non-hydrogen) atoms. The van der Waals surface area contributed by atoms with E-state index in [0.29, 0.717) is 0 Å². The molecule has 0 bridgehead atoms. The molecule has 0 saturated carbocycles. The Morgan fingerprint density at radius 3 is 2.12 bits per heavy atom. The van der Waals surface area contributed by atoms with Crippen molar-refractivity contribution in [2.45, 2.75) is 19.8 Å². The molecule has 0 radical (unpaired) electrons. The summed E-state index contributed by atoms with van der Waals surface area (Å²) in [5.41, 5.74) is 1.22. The number of allylic oxidation sites excluding steroid dienone is 1. The quantitative estimate of drug-likeness (QED) is 0.497. The summed E-state index contributed by atoms with van der Waals surface area (Å²) in [5.74, 6) is 0. The maximum absolute atomic E-state index is 3.86. The van der Waals surface area contributed by atoms with Crippen molar-refractivity contribution in [2.75, 3.05) is 13.1 Å². The molecule has 1 fully saturated rings. The average molecular weight is 111 g/mol. The van der Waals surface area contributed by atoms with E-state index in [1.54, 1.807) is 0 Å². The summed E-state index contributed by atoms with van der Waals surface area (Å²) < 4.78 is 0. The SMILES string of the molecule is C=C(C)N1CCCC1. The molecule has 1 saturated heterocycles. The van der Waals surface area contributed by atoms with Gasteiger partial charge in [0.15, 0.2) is 0 Å². The first-order chi connectivity index (χ1) is 3.80. The monoisotopic (exact) mass is 111 g/mol. The zero-order chi connectivity index (χ0) is 5.98. The van der Waals surface area contributed by atoms with Crippen molar-refractivity contribution in [3.05, 3.63) is 12.3 Å². The first-order valence-corrected chi connectivity index (χ1v) is 3.21. The van der Waals surface area contributed by atoms with Crippen LogP contribution in [0.2, 0.25) is 0 Å². The van der Waals surface area contributed by atoms with Crippen LogP contribution in [-0.2, 0) is 0 Å². The van der Waals surface area contributed by atoms with Crippen LogP contribution in [0.3, 0.4) is 0 Å². The predicted octanol–water partition coefficient (Wildman–Crippen LogP) is 1.62. The van der Waals surface area contributed by atoms with Crippen molar-refractivity contribution in [1.82, 2.24) is 4.90 Å². The van der Waals surface area contributed by atoms with Crippen LogP contribution in [0, 0.1) is 0 Å². The van der Waals surface area contributed by atoms with Gasteiger partial charge in [-0.15, -0.1) is 0 Å². The third kappa shape index (κ3) is 1.03. The fourth-order valence-electron chi connectivity index (χ4n) is 1.10. The minimum Gasteiger partial charge on any atom is -0.376 e. The second-order valence-corrected chi connectivity index (χ2v) is 2.43. The summed E-state index contributed by atoms with van der Waals surface area (Å²) in [6.07, 6.45) is 2.71. The number of nitrogens with zero attached hydrogens (tertiary/aromatic N) is 1. The van der Waals surface area contributed by atoms with Crippen molar-refractivity contribution in [2.24, 2.45) is 0 Å². The summed E-state index contributed by atoms with van der Waals surface area (Å²) in [4.78, 5) is 2.33. The van der Waals surface area contributed by atoms with Crippen LogP contribution in [0.15, 0.2) is 12.3 Å². The van der Waals surface area contributed by atoms with Crippen molar-refractivity contribution >= 4 is 0 Å². The molecule has 1 rings (SSSR count). The maximum Gasteiger partial charge on any atom is 0.0175 e. The molecule has 0 aromatic carbocycles. The van der Waals surface area contributed by atoms with E-state index in [4.69, 9.17) is 0 Å². The highest BCUT2D eigenvalue weighted by molar-refractivity contribution is 4.90. The Morgan fingerprint density at radius 1 is 1.38 bits per heavy atom. The number of rotatable bonds is 1. The minimum absolute atomic E-state index is 1.22. The van der Waals surface area contributed by atoms with Crippen LogP contribution in [0.25, 0.3) is 0 Å². The van der Waals surface area contributed by atoms with Gasteiger partial charge in [0.2, 0.25) is 0 Å². The normalized spacial score (nSPS) is 19.4. The molecule has 0 aromatic rings. The molecule has 0 aromatic heterocycles. The lowest BCUT2D eigenvalue weighted by Gasteiger charge is -2.15. The van der Waals surface area contributed by atoms with Crippen molar-refractivity contribution < 1.29 is 0 Å². The molecule has 0 N–H and O–H groups in total. The molecule has 1 nitrogen and oxygen atoms in total. The topological polar surface area (TPSA) is 3.24 Å². The molecule has 0 unspecified atom stereocenters. The number of likely N-dealkylation sites (tertiary alicyclic amines) is 1. The Bertz CT molecular complexity index is 90.6. The van der Waals surface area contributed by atoms with Gasteiger partial charge >= 0.3 is 0 Å². The van der Waals surface area contributed by atoms with Crippen LogP contribution in [0.4, 0.5) is 0 Å². The lowest BCUT2D eigenvalue weighted by atomic mass is 10.4. The first-order valence-electron chi connectivity index (χ1n) is 3.21. The highest BCUT2D eigenvalue weighted by Gasteiger charge is 2.08. The summed E-state index contributed by atoms with van der Waals surface area (Å²) in [7, 11) is 0. The van der Waals surface area contributed by atoms with E-state index in [9.17, 15) is 0 Å². The lowest BCUT2D eigenvalue weighted by Crippen LogP contribution is -2.15. The Morgan fingerprint density at radius 2 is 1.88 bits per heavy atom. The molecule has 1 aliphatic rings. The van der Waals surface area contributed by atoms with Gasteiger partial charge in [0.25, 0.3) is 0 Å². The van der Waals surface area contributed by atoms with Crippen LogP contribution < -0.4 is 0 Å². The predicted molar refractivity (Wildman–Crippen MR) is 35.6 cm³/mol. The number of hydrogen-bond acceptors (Lipinski definition) is 1. The lowest BCUT2D eigenvalue weighted by molar-refractivity contribution is 0.430. The standard InChI is InChI=1S/C7H13N/c1-7(2)8-5-3-4-6-8/h1,3-6H2,2H3. The van der Waals surface area contributed by atoms with E-state index in [0.717, 1.165) is 0 Å². The molecule has 1 heterocycles. The van der Waals surface area contributed by atoms with Crippen LogP contribution in [-0.4, -0.2) is 18.0 Å². The van der Waals surface area contributed by atoms with Crippen molar-refractivity contribution in [3.8, 4) is 0 Å². The fraction of sp³-hybridized carbons (Fsp3) is 0.714. The summed E-state index contributed by atoms with van der Waals surface area (Å²) in [6.45, 7) is 8.40. The third-order valence-corrected chi connectivity index (χ3v) is 1.65. The van der Waals surface area contributed by atoms with Crippen molar-refractivity contribution in [1.29, 1.82) is 0 Å². The Hall–Kier alpha value is -0.460. The molecule has 46 valence electrons. The largest absolute Gasteiger partial charge is 0.376 e. The van der Waals surface area contributed by atoms with Gasteiger partial charge < -0.3 is 4.90 Å². The highest BCUT2D eigenvalue weighted by Crippen LogP contribution is 2.11. The molecule has 0 spiro atoms. The van der Waals surface area contributed by atoms with Gasteiger partial charge in [-0.2, -0.15) is 0 Å². The molecule has 0 atom stereocenters. The van der Waals surface area contributed by atoms with Gasteiger partial charge in [0, 0.05) is 18.8 Å². The Balaban J connectivity index is 2.35. The molecular formula is C7H13N. The zero-order valence-corrected chi connectivity index (χ0v) is 5.48. The van der Waals surface area contributed by atoms with Gasteiger partial charge in [0.05, 0.1) is 0 Å². The van der Waals surface area contributed by atoms with E-state index < -0.39 is 0 Å². The molecule has 1 aliphatic heterocycles. The van der Waals surface area contributed by atoms with E-state index in [1.807, 2.05) is 0 Å². The summed E-state index contributed by atoms with van der Waals surface area (Å²) in [6, 6.07) is 0. The maximum atomic E-state index is 3.86. The van der Waals surface area contributed by atoms with Gasteiger partial charge in [-0.05, 0) is 19.8 Å². The second kappa shape index (κ2) is 2.21. The Kier molecular flexibility index (Phi) is 1.56. The van der Waals surface area contributed by atoms with Crippen LogP contribution in [0.1, 0.15) is 19.8 Å². The molecule has 1 heteroatoms. The van der Waals surface area contributed by atoms with Crippen LogP contribution in [0.5, 0.6) is 0 Å². The fourth-order valence-corrected chi connectivity index (χ4v) is 1.10. The molecular weight excluding hydrogens is 98.1 g/mol. The zero-order valence-electron chi connectivity index (χ0n) is 5.48. The van der Waals surface area contributed by atoms with Crippen LogP contribution >= 0.6 is 0 Å². The van der Waals surface area contributed by atoms with E-state index in [2.05, 4.69) is 18.4 Å². The summed E-state index contributed by atoms with van der Waals surface area (Å²) >= 11 is 0. The van der Waals surface area contributed by atoms with Crippen molar-refractivity contribution in [3.63, 3.8) is 0 Å². The van der Waals surface area contributed by atoms with E-state index in [1.165, 1.54) is 31.6 Å². The van der Waals surface area contributed by atoms with Gasteiger partial charge in [-0.1, -0.05) is 6.58 Å². The first kappa shape index (κ1) is 5.67. The summed E-state index contributed by atoms with van der Waals surface area (Å²) in [5, 5.41) is 0. The smallest absolute Gasteiger partial charge is 0.0175 e. The van der Waals surface area contributed by atoms with Gasteiger partial charge in [-0.25, -0.2) is 0 Å². The molecule has 0 amide bonds. The molecule has 0 aliphatic carbocycles. The van der Waals surface area contributed by atoms with Gasteiger partial charge in [0.1, 0.15) is 0 Å². The van der Waals surface area contributed by atoms with E-state index >= 15 is 0 Å².